The number of ether oxygens (including phenoxy) is 1. The number of para-hydroxylation sites is 1. The molecule has 0 radical (unpaired) electrons. The molecule has 6 nitrogen and oxygen atoms in total. The molecule has 2 aromatic carbocycles. The molecule has 1 aliphatic heterocycles. The van der Waals surface area contributed by atoms with Gasteiger partial charge in [-0.05, 0) is 63.9 Å². The molecule has 9 heteroatoms. The normalized spacial score (nSPS) is 20.1. The number of amides is 1. The number of allylic oxidation sites excluding steroid dienone is 4. The lowest BCUT2D eigenvalue weighted by atomic mass is 9.63. The zero-order valence-electron chi connectivity index (χ0n) is 23.8. The van der Waals surface area contributed by atoms with E-state index in [0.29, 0.717) is 50.5 Å². The van der Waals surface area contributed by atoms with Gasteiger partial charge in [-0.25, -0.2) is 0 Å². The number of carbonyl (C=O) groups is 3. The number of nitrogens with zero attached hydrogens (tertiary/aromatic N) is 1. The van der Waals surface area contributed by atoms with Gasteiger partial charge < -0.3 is 15.0 Å². The molecule has 2 aliphatic carbocycles. The lowest BCUT2D eigenvalue weighted by Crippen LogP contribution is -2.43. The van der Waals surface area contributed by atoms with Crippen LogP contribution in [0.5, 0.6) is 5.75 Å². The smallest absolute Gasteiger partial charge is 0.262 e. The van der Waals surface area contributed by atoms with Crippen LogP contribution in [0, 0.1) is 10.8 Å². The molecule has 0 fully saturated rings. The molecule has 3 aliphatic rings. The van der Waals surface area contributed by atoms with E-state index in [1.165, 1.54) is 0 Å². The van der Waals surface area contributed by atoms with Crippen molar-refractivity contribution in [1.82, 2.24) is 4.90 Å². The van der Waals surface area contributed by atoms with Gasteiger partial charge in [0, 0.05) is 58.4 Å². The SMILES string of the molecule is CN1C2=C(C(=O)CC(C)(C)C2)C(c2cc(Br)cc(Br)c2OCC(=O)Nc2ccccc2Cl)C2=C1CC(C)(C)CC2=O. The van der Waals surface area contributed by atoms with Crippen LogP contribution in [-0.4, -0.2) is 36.0 Å². The van der Waals surface area contributed by atoms with Crippen LogP contribution < -0.4 is 10.1 Å². The summed E-state index contributed by atoms with van der Waals surface area (Å²) < 4.78 is 7.56. The van der Waals surface area contributed by atoms with E-state index in [2.05, 4.69) is 69.8 Å². The van der Waals surface area contributed by atoms with Crippen LogP contribution in [0.15, 0.2) is 67.9 Å². The Kier molecular flexibility index (Phi) is 8.07. The number of rotatable bonds is 5. The lowest BCUT2D eigenvalue weighted by molar-refractivity contribution is -0.120. The van der Waals surface area contributed by atoms with E-state index < -0.39 is 5.92 Å². The Morgan fingerprint density at radius 1 is 0.976 bits per heavy atom. The molecule has 0 saturated heterocycles. The van der Waals surface area contributed by atoms with Crippen molar-refractivity contribution in [3.63, 3.8) is 0 Å². The number of Topliss-reactive ketones (excluding diaryl/α,β-unsaturated/α-hetero) is 2. The van der Waals surface area contributed by atoms with E-state index >= 15 is 0 Å². The molecule has 1 N–H and O–H groups in total. The minimum Gasteiger partial charge on any atom is -0.482 e. The molecule has 0 unspecified atom stereocenters. The second kappa shape index (κ2) is 11.0. The van der Waals surface area contributed by atoms with Crippen LogP contribution in [0.1, 0.15) is 64.9 Å². The van der Waals surface area contributed by atoms with Crippen molar-refractivity contribution in [1.29, 1.82) is 0 Å². The Balaban J connectivity index is 1.61. The monoisotopic (exact) mass is 702 g/mol. The van der Waals surface area contributed by atoms with E-state index in [9.17, 15) is 14.4 Å². The lowest BCUT2D eigenvalue weighted by Gasteiger charge is -2.48. The molecule has 41 heavy (non-hydrogen) atoms. The highest BCUT2D eigenvalue weighted by atomic mass is 79.9. The molecule has 0 spiro atoms. The van der Waals surface area contributed by atoms with Crippen LogP contribution in [0.4, 0.5) is 5.69 Å². The van der Waals surface area contributed by atoms with Gasteiger partial charge in [-0.1, -0.05) is 67.4 Å². The summed E-state index contributed by atoms with van der Waals surface area (Å²) in [4.78, 5) is 42.8. The maximum Gasteiger partial charge on any atom is 0.262 e. The fourth-order valence-electron chi connectivity index (χ4n) is 6.31. The zero-order chi connectivity index (χ0) is 29.9. The number of anilines is 1. The van der Waals surface area contributed by atoms with Crippen molar-refractivity contribution in [2.45, 2.75) is 59.3 Å². The van der Waals surface area contributed by atoms with Crippen molar-refractivity contribution in [2.24, 2.45) is 10.8 Å². The number of halogens is 3. The molecule has 0 bridgehead atoms. The molecule has 1 heterocycles. The highest BCUT2D eigenvalue weighted by Gasteiger charge is 2.49. The van der Waals surface area contributed by atoms with E-state index in [-0.39, 0.29) is 34.9 Å². The minimum absolute atomic E-state index is 0.0378. The summed E-state index contributed by atoms with van der Waals surface area (Å²) in [6, 6.07) is 10.7. The van der Waals surface area contributed by atoms with Crippen molar-refractivity contribution < 1.29 is 19.1 Å². The minimum atomic E-state index is -0.598. The van der Waals surface area contributed by atoms with Gasteiger partial charge in [0.1, 0.15) is 5.75 Å². The highest BCUT2D eigenvalue weighted by Crippen LogP contribution is 2.56. The maximum atomic E-state index is 13.9. The molecular formula is C32H33Br2ClN2O4. The summed E-state index contributed by atoms with van der Waals surface area (Å²) in [6.07, 6.45) is 2.23. The maximum absolute atomic E-state index is 13.9. The first-order chi connectivity index (χ1) is 19.2. The van der Waals surface area contributed by atoms with Gasteiger partial charge in [0.05, 0.1) is 15.2 Å². The second-order valence-corrected chi connectivity index (χ2v) is 14.9. The summed E-state index contributed by atoms with van der Waals surface area (Å²) >= 11 is 13.5. The Hall–Kier alpha value is -2.42. The quantitative estimate of drug-likeness (QED) is 0.340. The van der Waals surface area contributed by atoms with Crippen LogP contribution >= 0.6 is 43.5 Å². The average molecular weight is 705 g/mol. The molecule has 2 aromatic rings. The molecule has 5 rings (SSSR count). The summed E-state index contributed by atoms with van der Waals surface area (Å²) in [5.74, 6) is -0.482. The van der Waals surface area contributed by atoms with Crippen LogP contribution in [0.25, 0.3) is 0 Å². The summed E-state index contributed by atoms with van der Waals surface area (Å²) in [5, 5.41) is 3.21. The number of ketones is 2. The van der Waals surface area contributed by atoms with Gasteiger partial charge in [0.25, 0.3) is 5.91 Å². The third kappa shape index (κ3) is 5.93. The first kappa shape index (κ1) is 30.1. The Bertz CT molecular complexity index is 1490. The number of hydrogen-bond donors (Lipinski definition) is 1. The number of benzene rings is 2. The first-order valence-electron chi connectivity index (χ1n) is 13.6. The highest BCUT2D eigenvalue weighted by molar-refractivity contribution is 9.11. The molecule has 0 atom stereocenters. The third-order valence-electron chi connectivity index (χ3n) is 8.02. The van der Waals surface area contributed by atoms with Crippen LogP contribution in [-0.2, 0) is 14.4 Å². The predicted octanol–water partition coefficient (Wildman–Crippen LogP) is 8.20. The van der Waals surface area contributed by atoms with Crippen molar-refractivity contribution in [2.75, 3.05) is 19.0 Å². The van der Waals surface area contributed by atoms with Crippen molar-refractivity contribution in [3.8, 4) is 5.75 Å². The van der Waals surface area contributed by atoms with Crippen LogP contribution in [0.2, 0.25) is 5.02 Å². The topological polar surface area (TPSA) is 75.7 Å². The van der Waals surface area contributed by atoms with Crippen molar-refractivity contribution in [3.05, 3.63) is 78.5 Å². The fourth-order valence-corrected chi connectivity index (χ4v) is 7.86. The summed E-state index contributed by atoms with van der Waals surface area (Å²) in [6.45, 7) is 8.15. The fraction of sp³-hybridized carbons (Fsp3) is 0.406. The van der Waals surface area contributed by atoms with E-state index in [4.69, 9.17) is 16.3 Å². The first-order valence-corrected chi connectivity index (χ1v) is 15.6. The summed E-state index contributed by atoms with van der Waals surface area (Å²) in [5.41, 5.74) is 3.97. The predicted molar refractivity (Wildman–Crippen MR) is 168 cm³/mol. The van der Waals surface area contributed by atoms with Gasteiger partial charge in [-0.3, -0.25) is 14.4 Å². The Morgan fingerprint density at radius 2 is 1.54 bits per heavy atom. The molecule has 0 aromatic heterocycles. The van der Waals surface area contributed by atoms with E-state index in [1.807, 2.05) is 19.2 Å². The standard InChI is InChI=1S/C32H33Br2ClN2O4/c1-31(2)12-22-28(24(38)14-31)27(29-23(37(22)5)13-32(3,4)15-25(29)39)18-10-17(33)11-19(34)30(18)41-16-26(40)36-21-9-7-6-8-20(21)35/h6-11,27H,12-16H2,1-5H3,(H,36,40). The van der Waals surface area contributed by atoms with Gasteiger partial charge >= 0.3 is 0 Å². The molecule has 1 amide bonds. The average Bonchev–Trinajstić information content (AvgIpc) is 2.84. The number of nitrogens with one attached hydrogen (secondary N) is 1. The molecule has 0 saturated carbocycles. The van der Waals surface area contributed by atoms with E-state index in [0.717, 1.165) is 28.7 Å². The largest absolute Gasteiger partial charge is 0.482 e. The Morgan fingerprint density at radius 3 is 2.10 bits per heavy atom. The number of hydrogen-bond acceptors (Lipinski definition) is 5. The zero-order valence-corrected chi connectivity index (χ0v) is 27.7. The third-order valence-corrected chi connectivity index (χ3v) is 9.40. The van der Waals surface area contributed by atoms with Gasteiger partial charge in [0.15, 0.2) is 18.2 Å². The van der Waals surface area contributed by atoms with Gasteiger partial charge in [0.2, 0.25) is 0 Å². The molecular weight excluding hydrogens is 672 g/mol. The Labute approximate surface area is 262 Å². The van der Waals surface area contributed by atoms with Gasteiger partial charge in [-0.15, -0.1) is 0 Å². The number of carbonyl (C=O) groups excluding carboxylic acids is 3. The summed E-state index contributed by atoms with van der Waals surface area (Å²) in [7, 11) is 1.98. The van der Waals surface area contributed by atoms with Crippen molar-refractivity contribution >= 4 is 66.6 Å². The second-order valence-electron chi connectivity index (χ2n) is 12.7. The van der Waals surface area contributed by atoms with Gasteiger partial charge in [-0.2, -0.15) is 0 Å². The van der Waals surface area contributed by atoms with Crippen LogP contribution in [0.3, 0.4) is 0 Å². The molecule has 216 valence electrons. The van der Waals surface area contributed by atoms with E-state index in [1.54, 1.807) is 24.3 Å².